The van der Waals surface area contributed by atoms with E-state index in [9.17, 15) is 4.79 Å². The summed E-state index contributed by atoms with van der Waals surface area (Å²) in [5, 5.41) is 0. The minimum Gasteiger partial charge on any atom is -0.493 e. The molecular weight excluding hydrogens is 448 g/mol. The predicted octanol–water partition coefficient (Wildman–Crippen LogP) is 5.85. The van der Waals surface area contributed by atoms with Crippen LogP contribution < -0.4 is 4.74 Å². The van der Waals surface area contributed by atoms with Crippen LogP contribution in [0.5, 0.6) is 5.75 Å². The molecule has 1 aliphatic rings. The van der Waals surface area contributed by atoms with Crippen LogP contribution in [0.3, 0.4) is 0 Å². The molecule has 0 saturated heterocycles. The number of allylic oxidation sites excluding steroid dienone is 2. The van der Waals surface area contributed by atoms with Crippen molar-refractivity contribution >= 4 is 5.91 Å². The van der Waals surface area contributed by atoms with Gasteiger partial charge < -0.3 is 14.2 Å². The van der Waals surface area contributed by atoms with Crippen LogP contribution in [0.25, 0.3) is 5.69 Å². The molecule has 5 rings (SSSR count). The fourth-order valence-electron chi connectivity index (χ4n) is 4.41. The molecule has 4 aromatic rings. The zero-order chi connectivity index (χ0) is 24.6. The van der Waals surface area contributed by atoms with Gasteiger partial charge in [-0.05, 0) is 84.8 Å². The van der Waals surface area contributed by atoms with E-state index < -0.39 is 0 Å². The van der Waals surface area contributed by atoms with Gasteiger partial charge in [0, 0.05) is 49.1 Å². The van der Waals surface area contributed by atoms with Gasteiger partial charge >= 0.3 is 0 Å². The number of hydrogen-bond donors (Lipinski definition) is 0. The molecule has 0 bridgehead atoms. The molecule has 1 aliphatic carbocycles. The van der Waals surface area contributed by atoms with E-state index in [0.29, 0.717) is 24.6 Å². The molecule has 0 N–H and O–H groups in total. The number of amides is 1. The van der Waals surface area contributed by atoms with E-state index in [0.717, 1.165) is 42.0 Å². The molecule has 2 aromatic carbocycles. The van der Waals surface area contributed by atoms with Crippen molar-refractivity contribution in [2.75, 3.05) is 6.61 Å². The molecule has 6 heteroatoms. The van der Waals surface area contributed by atoms with Crippen LogP contribution in [0.1, 0.15) is 40.7 Å². The molecule has 182 valence electrons. The maximum Gasteiger partial charge on any atom is 0.254 e. The standard InChI is InChI=1S/C30H30N4O2/c35-30(27-8-10-28(11-9-27)33-19-18-32-23-33)34(21-25-14-16-31-17-15-25)20-24-6-12-29(13-7-24)36-22-26-4-2-1-3-5-26/h1-2,6-19,23,26H,3-5,20-22H2/t26-/m0/s1. The molecule has 0 unspecified atom stereocenters. The summed E-state index contributed by atoms with van der Waals surface area (Å²) in [6.07, 6.45) is 16.8. The summed E-state index contributed by atoms with van der Waals surface area (Å²) in [6, 6.07) is 19.6. The van der Waals surface area contributed by atoms with E-state index >= 15 is 0 Å². The fourth-order valence-corrected chi connectivity index (χ4v) is 4.41. The van der Waals surface area contributed by atoms with Gasteiger partial charge in [0.05, 0.1) is 12.9 Å². The quantitative estimate of drug-likeness (QED) is 0.283. The summed E-state index contributed by atoms with van der Waals surface area (Å²) < 4.78 is 7.95. The van der Waals surface area contributed by atoms with Crippen LogP contribution in [-0.2, 0) is 13.1 Å². The van der Waals surface area contributed by atoms with Crippen LogP contribution in [0.4, 0.5) is 0 Å². The topological polar surface area (TPSA) is 60.2 Å². The van der Waals surface area contributed by atoms with E-state index in [1.165, 1.54) is 6.42 Å². The first-order valence-corrected chi connectivity index (χ1v) is 12.4. The number of imidazole rings is 1. The molecule has 36 heavy (non-hydrogen) atoms. The Morgan fingerprint density at radius 3 is 2.31 bits per heavy atom. The number of nitrogens with zero attached hydrogens (tertiary/aromatic N) is 4. The van der Waals surface area contributed by atoms with Gasteiger partial charge in [-0.1, -0.05) is 24.3 Å². The second-order valence-electron chi connectivity index (χ2n) is 9.14. The predicted molar refractivity (Wildman–Crippen MR) is 140 cm³/mol. The van der Waals surface area contributed by atoms with Crippen molar-refractivity contribution in [1.29, 1.82) is 0 Å². The third-order valence-corrected chi connectivity index (χ3v) is 6.49. The zero-order valence-electron chi connectivity index (χ0n) is 20.2. The summed E-state index contributed by atoms with van der Waals surface area (Å²) in [6.45, 7) is 1.74. The minimum atomic E-state index is -0.0188. The maximum atomic E-state index is 13.6. The monoisotopic (exact) mass is 478 g/mol. The van der Waals surface area contributed by atoms with Crippen molar-refractivity contribution in [3.8, 4) is 11.4 Å². The maximum absolute atomic E-state index is 13.6. The minimum absolute atomic E-state index is 0.0188. The summed E-state index contributed by atoms with van der Waals surface area (Å²) in [4.78, 5) is 23.6. The Morgan fingerprint density at radius 1 is 0.889 bits per heavy atom. The molecule has 0 saturated carbocycles. The number of aromatic nitrogens is 3. The highest BCUT2D eigenvalue weighted by molar-refractivity contribution is 5.94. The summed E-state index contributed by atoms with van der Waals surface area (Å²) in [5.41, 5.74) is 3.70. The van der Waals surface area contributed by atoms with E-state index in [4.69, 9.17) is 4.74 Å². The van der Waals surface area contributed by atoms with Gasteiger partial charge in [0.2, 0.25) is 0 Å². The van der Waals surface area contributed by atoms with E-state index in [-0.39, 0.29) is 5.91 Å². The summed E-state index contributed by atoms with van der Waals surface area (Å²) in [5.74, 6) is 1.44. The Balaban J connectivity index is 1.28. The molecule has 0 spiro atoms. The van der Waals surface area contributed by atoms with Gasteiger partial charge in [0.1, 0.15) is 5.75 Å². The summed E-state index contributed by atoms with van der Waals surface area (Å²) in [7, 11) is 0. The van der Waals surface area contributed by atoms with E-state index in [1.54, 1.807) is 24.9 Å². The third kappa shape index (κ3) is 6.08. The Kier molecular flexibility index (Phi) is 7.52. The van der Waals surface area contributed by atoms with E-state index in [1.807, 2.05) is 76.3 Å². The van der Waals surface area contributed by atoms with Crippen molar-refractivity contribution in [2.24, 2.45) is 5.92 Å². The first kappa shape index (κ1) is 23.5. The van der Waals surface area contributed by atoms with Crippen LogP contribution in [0, 0.1) is 5.92 Å². The summed E-state index contributed by atoms with van der Waals surface area (Å²) >= 11 is 0. The average Bonchev–Trinajstić information content (AvgIpc) is 3.48. The average molecular weight is 479 g/mol. The molecule has 2 aromatic heterocycles. The van der Waals surface area contributed by atoms with Crippen molar-refractivity contribution in [3.05, 3.63) is 121 Å². The Morgan fingerprint density at radius 2 is 1.64 bits per heavy atom. The van der Waals surface area contributed by atoms with Crippen molar-refractivity contribution in [2.45, 2.75) is 32.4 Å². The first-order valence-electron chi connectivity index (χ1n) is 12.4. The van der Waals surface area contributed by atoms with Gasteiger partial charge in [0.15, 0.2) is 0 Å². The largest absolute Gasteiger partial charge is 0.493 e. The molecule has 0 radical (unpaired) electrons. The normalized spacial score (nSPS) is 14.9. The molecule has 2 heterocycles. The first-order chi connectivity index (χ1) is 17.7. The number of ether oxygens (including phenoxy) is 1. The lowest BCUT2D eigenvalue weighted by atomic mass is 9.95. The molecule has 0 fully saturated rings. The lowest BCUT2D eigenvalue weighted by Crippen LogP contribution is -2.30. The van der Waals surface area contributed by atoms with Crippen molar-refractivity contribution in [1.82, 2.24) is 19.4 Å². The highest BCUT2D eigenvalue weighted by Crippen LogP contribution is 2.22. The lowest BCUT2D eigenvalue weighted by molar-refractivity contribution is 0.0730. The number of benzene rings is 2. The fraction of sp³-hybridized carbons (Fsp3) is 0.233. The number of hydrogen-bond acceptors (Lipinski definition) is 4. The van der Waals surface area contributed by atoms with Crippen LogP contribution >= 0.6 is 0 Å². The molecule has 0 aliphatic heterocycles. The third-order valence-electron chi connectivity index (χ3n) is 6.49. The Hall–Kier alpha value is -4.19. The number of rotatable bonds is 9. The molecule has 1 amide bonds. The van der Waals surface area contributed by atoms with E-state index in [2.05, 4.69) is 22.1 Å². The van der Waals surface area contributed by atoms with Crippen LogP contribution in [0.15, 0.2) is 104 Å². The molecular formula is C30H30N4O2. The van der Waals surface area contributed by atoms with Gasteiger partial charge in [-0.15, -0.1) is 0 Å². The number of pyridine rings is 1. The van der Waals surface area contributed by atoms with Crippen molar-refractivity contribution in [3.63, 3.8) is 0 Å². The van der Waals surface area contributed by atoms with Gasteiger partial charge in [-0.2, -0.15) is 0 Å². The highest BCUT2D eigenvalue weighted by atomic mass is 16.5. The Labute approximate surface area is 211 Å². The van der Waals surface area contributed by atoms with Gasteiger partial charge in [-0.25, -0.2) is 4.98 Å². The van der Waals surface area contributed by atoms with Gasteiger partial charge in [0.25, 0.3) is 5.91 Å². The zero-order valence-corrected chi connectivity index (χ0v) is 20.2. The molecule has 1 atom stereocenters. The highest BCUT2D eigenvalue weighted by Gasteiger charge is 2.17. The molecule has 6 nitrogen and oxygen atoms in total. The van der Waals surface area contributed by atoms with Gasteiger partial charge in [-0.3, -0.25) is 9.78 Å². The SMILES string of the molecule is O=C(c1ccc(-n2ccnc2)cc1)N(Cc1ccncc1)Cc1ccc(OC[C@H]2CC=CCC2)cc1. The van der Waals surface area contributed by atoms with Crippen LogP contribution in [0.2, 0.25) is 0 Å². The van der Waals surface area contributed by atoms with Crippen LogP contribution in [-0.4, -0.2) is 31.9 Å². The smallest absolute Gasteiger partial charge is 0.254 e. The lowest BCUT2D eigenvalue weighted by Gasteiger charge is -2.24. The second kappa shape index (κ2) is 11.5. The number of carbonyl (C=O) groups excluding carboxylic acids is 1. The second-order valence-corrected chi connectivity index (χ2v) is 9.14. The Bertz CT molecular complexity index is 1270. The van der Waals surface area contributed by atoms with Crippen molar-refractivity contribution < 1.29 is 9.53 Å². The number of carbonyl (C=O) groups is 1.